The lowest BCUT2D eigenvalue weighted by molar-refractivity contribution is -0.130. The number of carbonyl (C=O) groups excluding carboxylic acids is 1. The zero-order valence-electron chi connectivity index (χ0n) is 12.8. The maximum atomic E-state index is 12.1. The lowest BCUT2D eigenvalue weighted by Crippen LogP contribution is -2.25. The van der Waals surface area contributed by atoms with Gasteiger partial charge in [-0.1, -0.05) is 50.3 Å². The minimum Gasteiger partial charge on any atom is -0.396 e. The van der Waals surface area contributed by atoms with Crippen molar-refractivity contribution in [2.24, 2.45) is 5.92 Å². The maximum absolute atomic E-state index is 12.1. The summed E-state index contributed by atoms with van der Waals surface area (Å²) < 4.78 is 0. The number of allylic oxidation sites excluding steroid dienone is 1. The van der Waals surface area contributed by atoms with Gasteiger partial charge in [-0.15, -0.1) is 0 Å². The highest BCUT2D eigenvalue weighted by atomic mass is 16.6. The van der Waals surface area contributed by atoms with Crippen LogP contribution in [0.4, 0.5) is 0 Å². The molecular formula is C17H25NO3. The number of aliphatic hydroxyl groups excluding tert-OH is 1. The van der Waals surface area contributed by atoms with Crippen LogP contribution < -0.4 is 5.48 Å². The first-order valence-electron chi connectivity index (χ1n) is 7.41. The number of amides is 1. The fourth-order valence-corrected chi connectivity index (χ4v) is 1.93. The highest BCUT2D eigenvalue weighted by Crippen LogP contribution is 2.11. The highest BCUT2D eigenvalue weighted by Gasteiger charge is 2.10. The molecule has 0 aliphatic carbocycles. The number of hydrogen-bond acceptors (Lipinski definition) is 3. The number of rotatable bonds is 9. The van der Waals surface area contributed by atoms with Crippen molar-refractivity contribution >= 4 is 5.91 Å². The monoisotopic (exact) mass is 291 g/mol. The van der Waals surface area contributed by atoms with Gasteiger partial charge in [0.15, 0.2) is 0 Å². The minimum atomic E-state index is -0.197. The summed E-state index contributed by atoms with van der Waals surface area (Å²) >= 11 is 0. The predicted octanol–water partition coefficient (Wildman–Crippen LogP) is 2.98. The summed E-state index contributed by atoms with van der Waals surface area (Å²) in [5.74, 6) is 0.103. The second-order valence-corrected chi connectivity index (χ2v) is 5.32. The number of nitrogens with one attached hydrogen (secondary N) is 1. The average Bonchev–Trinajstić information content (AvgIpc) is 2.47. The summed E-state index contributed by atoms with van der Waals surface area (Å²) in [5.41, 5.74) is 4.22. The van der Waals surface area contributed by atoms with E-state index in [0.717, 1.165) is 12.0 Å². The Hall–Kier alpha value is -1.65. The smallest absolute Gasteiger partial charge is 0.270 e. The second-order valence-electron chi connectivity index (χ2n) is 5.32. The number of unbranched alkanes of at least 4 members (excludes halogenated alkanes) is 1. The lowest BCUT2D eigenvalue weighted by Gasteiger charge is -2.10. The van der Waals surface area contributed by atoms with Crippen LogP contribution in [0.3, 0.4) is 0 Å². The van der Waals surface area contributed by atoms with Crippen LogP contribution in [0, 0.1) is 5.92 Å². The molecule has 0 saturated heterocycles. The number of benzene rings is 1. The Morgan fingerprint density at radius 2 is 2.00 bits per heavy atom. The molecule has 1 aromatic carbocycles. The van der Waals surface area contributed by atoms with Crippen LogP contribution in [0.15, 0.2) is 42.0 Å². The molecule has 21 heavy (non-hydrogen) atoms. The summed E-state index contributed by atoms with van der Waals surface area (Å²) in [7, 11) is 0. The van der Waals surface area contributed by atoms with Crippen LogP contribution >= 0.6 is 0 Å². The highest BCUT2D eigenvalue weighted by molar-refractivity contribution is 5.92. The summed E-state index contributed by atoms with van der Waals surface area (Å²) in [5, 5.41) is 8.82. The molecule has 0 aliphatic rings. The Labute approximate surface area is 126 Å². The summed E-state index contributed by atoms with van der Waals surface area (Å²) in [6, 6.07) is 9.68. The van der Waals surface area contributed by atoms with Crippen molar-refractivity contribution in [1.82, 2.24) is 5.48 Å². The van der Waals surface area contributed by atoms with Crippen molar-refractivity contribution in [3.63, 3.8) is 0 Å². The molecule has 116 valence electrons. The van der Waals surface area contributed by atoms with Gasteiger partial charge in [-0.2, -0.15) is 0 Å². The Morgan fingerprint density at radius 1 is 1.29 bits per heavy atom. The fourth-order valence-electron chi connectivity index (χ4n) is 1.93. The molecule has 4 heteroatoms. The van der Waals surface area contributed by atoms with Gasteiger partial charge in [0.05, 0.1) is 6.61 Å². The van der Waals surface area contributed by atoms with Gasteiger partial charge in [-0.3, -0.25) is 9.63 Å². The molecule has 0 spiro atoms. The van der Waals surface area contributed by atoms with Gasteiger partial charge >= 0.3 is 0 Å². The molecule has 0 atom stereocenters. The molecule has 1 amide bonds. The first-order chi connectivity index (χ1) is 10.1. The van der Waals surface area contributed by atoms with E-state index in [4.69, 9.17) is 9.94 Å². The molecule has 2 N–H and O–H groups in total. The number of aliphatic hydroxyl groups is 1. The van der Waals surface area contributed by atoms with Gasteiger partial charge < -0.3 is 5.11 Å². The van der Waals surface area contributed by atoms with E-state index in [2.05, 4.69) is 5.48 Å². The first kappa shape index (κ1) is 17.4. The van der Waals surface area contributed by atoms with E-state index in [1.807, 2.05) is 50.3 Å². The van der Waals surface area contributed by atoms with Crippen LogP contribution in [0.1, 0.15) is 38.7 Å². The van der Waals surface area contributed by atoms with Crippen molar-refractivity contribution in [1.29, 1.82) is 0 Å². The standard InChI is InChI=1S/C17H25NO3/c1-14(2)12-16(10-6-7-11-19)17(20)18-21-13-15-8-4-3-5-9-15/h3-5,8-9,12,14,19H,6-7,10-11,13H2,1-2H3,(H,18,20). The predicted molar refractivity (Wildman–Crippen MR) is 83.2 cm³/mol. The lowest BCUT2D eigenvalue weighted by atomic mass is 10.0. The Kier molecular flexibility index (Phi) is 8.40. The van der Waals surface area contributed by atoms with Crippen LogP contribution in [0.25, 0.3) is 0 Å². The summed E-state index contributed by atoms with van der Waals surface area (Å²) in [6.45, 7) is 4.56. The Morgan fingerprint density at radius 3 is 2.62 bits per heavy atom. The van der Waals surface area contributed by atoms with Gasteiger partial charge in [0.2, 0.25) is 0 Å². The van der Waals surface area contributed by atoms with Crippen molar-refractivity contribution in [2.45, 2.75) is 39.7 Å². The normalized spacial score (nSPS) is 11.7. The quantitative estimate of drug-likeness (QED) is 0.418. The zero-order chi connectivity index (χ0) is 15.5. The molecule has 0 bridgehead atoms. The third-order valence-corrected chi connectivity index (χ3v) is 2.93. The number of carbonyl (C=O) groups is 1. The molecule has 0 heterocycles. The van der Waals surface area contributed by atoms with E-state index in [1.54, 1.807) is 0 Å². The first-order valence-corrected chi connectivity index (χ1v) is 7.41. The van der Waals surface area contributed by atoms with Gasteiger partial charge in [-0.25, -0.2) is 5.48 Å². The van der Waals surface area contributed by atoms with Gasteiger partial charge in [0.1, 0.15) is 0 Å². The summed E-state index contributed by atoms with van der Waals surface area (Å²) in [4.78, 5) is 17.4. The van der Waals surface area contributed by atoms with Gasteiger partial charge in [0, 0.05) is 12.2 Å². The molecular weight excluding hydrogens is 266 g/mol. The Bertz CT molecular complexity index is 441. The molecule has 4 nitrogen and oxygen atoms in total. The van der Waals surface area contributed by atoms with Crippen LogP contribution in [-0.2, 0) is 16.2 Å². The summed E-state index contributed by atoms with van der Waals surface area (Å²) in [6.07, 6.45) is 4.09. The van der Waals surface area contributed by atoms with Crippen molar-refractivity contribution in [3.05, 3.63) is 47.5 Å². The molecule has 0 saturated carbocycles. The van der Waals surface area contributed by atoms with Crippen molar-refractivity contribution < 1.29 is 14.7 Å². The molecule has 0 fully saturated rings. The molecule has 0 radical (unpaired) electrons. The van der Waals surface area contributed by atoms with E-state index in [1.165, 1.54) is 0 Å². The third kappa shape index (κ3) is 7.63. The van der Waals surface area contributed by atoms with E-state index in [9.17, 15) is 4.79 Å². The van der Waals surface area contributed by atoms with E-state index < -0.39 is 0 Å². The van der Waals surface area contributed by atoms with Crippen LogP contribution in [0.5, 0.6) is 0 Å². The third-order valence-electron chi connectivity index (χ3n) is 2.93. The van der Waals surface area contributed by atoms with Crippen LogP contribution in [0.2, 0.25) is 0 Å². The topological polar surface area (TPSA) is 58.6 Å². The molecule has 0 aliphatic heterocycles. The zero-order valence-corrected chi connectivity index (χ0v) is 12.8. The molecule has 0 unspecified atom stereocenters. The van der Waals surface area contributed by atoms with Crippen molar-refractivity contribution in [3.8, 4) is 0 Å². The van der Waals surface area contributed by atoms with Gasteiger partial charge in [0.25, 0.3) is 5.91 Å². The number of hydrogen-bond donors (Lipinski definition) is 2. The largest absolute Gasteiger partial charge is 0.396 e. The molecule has 1 rings (SSSR count). The van der Waals surface area contributed by atoms with Gasteiger partial charge in [-0.05, 0) is 30.7 Å². The fraction of sp³-hybridized carbons (Fsp3) is 0.471. The number of hydroxylamine groups is 1. The maximum Gasteiger partial charge on any atom is 0.270 e. The SMILES string of the molecule is CC(C)C=C(CCCCO)C(=O)NOCc1ccccc1. The second kappa shape index (κ2) is 10.1. The minimum absolute atomic E-state index is 0.154. The molecule has 1 aromatic rings. The van der Waals surface area contributed by atoms with Crippen LogP contribution in [-0.4, -0.2) is 17.6 Å². The van der Waals surface area contributed by atoms with E-state index >= 15 is 0 Å². The van der Waals surface area contributed by atoms with E-state index in [0.29, 0.717) is 30.9 Å². The average molecular weight is 291 g/mol. The Balaban J connectivity index is 2.44. The van der Waals surface area contributed by atoms with Crippen molar-refractivity contribution in [2.75, 3.05) is 6.61 Å². The molecule has 0 aromatic heterocycles. The van der Waals surface area contributed by atoms with E-state index in [-0.39, 0.29) is 12.5 Å².